The van der Waals surface area contributed by atoms with E-state index in [2.05, 4.69) is 31.4 Å². The number of carbonyl (C=O) groups is 2. The summed E-state index contributed by atoms with van der Waals surface area (Å²) in [6.07, 6.45) is -5.23. The summed E-state index contributed by atoms with van der Waals surface area (Å²) in [6.45, 7) is 8.58. The van der Waals surface area contributed by atoms with Crippen molar-refractivity contribution in [2.45, 2.75) is 50.9 Å². The van der Waals surface area contributed by atoms with Crippen molar-refractivity contribution in [2.24, 2.45) is 11.8 Å². The van der Waals surface area contributed by atoms with Crippen LogP contribution < -0.4 is 20.1 Å². The lowest BCUT2D eigenvalue weighted by molar-refractivity contribution is -0.145. The van der Waals surface area contributed by atoms with Crippen molar-refractivity contribution < 1.29 is 37.3 Å². The first-order valence-corrected chi connectivity index (χ1v) is 15.0. The number of aliphatic carboxylic acids is 1. The molecule has 46 heavy (non-hydrogen) atoms. The van der Waals surface area contributed by atoms with Crippen molar-refractivity contribution in [3.63, 3.8) is 0 Å². The average molecular weight is 662 g/mol. The number of anilines is 1. The third-order valence-corrected chi connectivity index (χ3v) is 8.31. The Morgan fingerprint density at radius 2 is 1.46 bits per heavy atom. The van der Waals surface area contributed by atoms with E-state index < -0.39 is 23.8 Å². The number of urea groups is 1. The topological polar surface area (TPSA) is 100 Å². The van der Waals surface area contributed by atoms with Crippen molar-refractivity contribution in [3.05, 3.63) is 89.5 Å². The molecule has 3 N–H and O–H groups in total. The first kappa shape index (κ1) is 34.9. The number of benzene rings is 3. The first-order chi connectivity index (χ1) is 21.3. The Kier molecular flexibility index (Phi) is 10.8. The molecular weight excluding hydrogens is 623 g/mol. The molecule has 3 aromatic carbocycles. The summed E-state index contributed by atoms with van der Waals surface area (Å²) < 4.78 is 49.9. The third-order valence-electron chi connectivity index (χ3n) is 8.31. The van der Waals surface area contributed by atoms with Gasteiger partial charge in [0, 0.05) is 37.8 Å². The maximum absolute atomic E-state index is 12.7. The summed E-state index contributed by atoms with van der Waals surface area (Å²) in [5.74, 6) is 0.825. The minimum absolute atomic E-state index is 0. The van der Waals surface area contributed by atoms with Crippen LogP contribution in [0.15, 0.2) is 72.8 Å². The maximum atomic E-state index is 12.7. The molecule has 248 valence electrons. The molecule has 1 saturated heterocycles. The lowest BCUT2D eigenvalue weighted by Crippen LogP contribution is -2.38. The quantitative estimate of drug-likeness (QED) is 0.200. The Bertz CT molecular complexity index is 1470. The largest absolute Gasteiger partial charge is 0.492 e. The highest BCUT2D eigenvalue weighted by atomic mass is 35.5. The molecule has 2 amide bonds. The number of amides is 2. The second kappa shape index (κ2) is 14.2. The summed E-state index contributed by atoms with van der Waals surface area (Å²) in [4.78, 5) is 26.1. The highest BCUT2D eigenvalue weighted by Gasteiger charge is 2.56. The zero-order chi connectivity index (χ0) is 32.4. The number of carbonyl (C=O) groups excluding carboxylic acids is 1. The van der Waals surface area contributed by atoms with Gasteiger partial charge in [-0.15, -0.1) is 12.4 Å². The molecule has 8 nitrogen and oxygen atoms in total. The molecule has 1 aliphatic heterocycles. The van der Waals surface area contributed by atoms with Crippen LogP contribution in [-0.2, 0) is 22.8 Å². The fraction of sp³-hybridized carbons (Fsp3) is 0.412. The van der Waals surface area contributed by atoms with Crippen molar-refractivity contribution >= 4 is 30.1 Å². The lowest BCUT2D eigenvalue weighted by atomic mass is 9.87. The van der Waals surface area contributed by atoms with E-state index in [4.69, 9.17) is 9.47 Å². The van der Waals surface area contributed by atoms with Crippen LogP contribution in [0, 0.1) is 11.8 Å². The van der Waals surface area contributed by atoms with Gasteiger partial charge in [-0.1, -0.05) is 45.0 Å². The molecule has 1 heterocycles. The SMILES string of the molecule is CC(C)(C)c1ccc(O[C@@H](Cc2ccc(OCCN[C@H]3C4CN(C(=O)Nc5ccc(C(F)(F)F)cc5)C[C@@H]43)cc2)C(=O)O)cc1.Cl. The average Bonchev–Trinajstić information content (AvgIpc) is 3.42. The Labute approximate surface area is 272 Å². The minimum Gasteiger partial charge on any atom is -0.492 e. The van der Waals surface area contributed by atoms with Gasteiger partial charge in [-0.3, -0.25) is 0 Å². The van der Waals surface area contributed by atoms with Crippen LogP contribution in [0.2, 0.25) is 0 Å². The highest BCUT2D eigenvalue weighted by molar-refractivity contribution is 5.89. The molecule has 3 aromatic rings. The molecule has 5 rings (SSSR count). The number of alkyl halides is 3. The predicted molar refractivity (Wildman–Crippen MR) is 171 cm³/mol. The van der Waals surface area contributed by atoms with Crippen LogP contribution in [-0.4, -0.2) is 60.4 Å². The monoisotopic (exact) mass is 661 g/mol. The van der Waals surface area contributed by atoms with Crippen molar-refractivity contribution in [1.29, 1.82) is 0 Å². The zero-order valence-corrected chi connectivity index (χ0v) is 26.7. The molecule has 0 radical (unpaired) electrons. The second-order valence-corrected chi connectivity index (χ2v) is 12.6. The molecular formula is C34H39ClF3N3O5. The summed E-state index contributed by atoms with van der Waals surface area (Å²) >= 11 is 0. The van der Waals surface area contributed by atoms with Crippen molar-refractivity contribution in [2.75, 3.05) is 31.6 Å². The van der Waals surface area contributed by atoms with Crippen LogP contribution in [0.1, 0.15) is 37.5 Å². The number of likely N-dealkylation sites (tertiary alicyclic amines) is 1. The molecule has 1 saturated carbocycles. The van der Waals surface area contributed by atoms with E-state index in [-0.39, 0.29) is 30.3 Å². The lowest BCUT2D eigenvalue weighted by Gasteiger charge is -2.21. The standard InChI is InChI=1S/C34H38F3N3O5.ClH/c1-33(2,3)22-8-14-26(15-9-22)45-29(31(41)42)18-21-4-12-25(13-5-21)44-17-16-38-30-27-19-40(20-28(27)30)32(43)39-24-10-6-23(7-11-24)34(35,36)37;/h4-15,27-30,38H,16-20H2,1-3H3,(H,39,43)(H,41,42);1H/t27-,28?,29-,30+;/m0./s1. The fourth-order valence-corrected chi connectivity index (χ4v) is 5.65. The molecule has 2 fully saturated rings. The smallest absolute Gasteiger partial charge is 0.416 e. The van der Waals surface area contributed by atoms with E-state index in [9.17, 15) is 27.9 Å². The van der Waals surface area contributed by atoms with E-state index in [1.807, 2.05) is 36.4 Å². The summed E-state index contributed by atoms with van der Waals surface area (Å²) in [7, 11) is 0. The van der Waals surface area contributed by atoms with Gasteiger partial charge >= 0.3 is 18.2 Å². The molecule has 0 spiro atoms. The Morgan fingerprint density at radius 1 is 0.891 bits per heavy atom. The summed E-state index contributed by atoms with van der Waals surface area (Å²) in [5.41, 5.74) is 1.52. The number of nitrogens with one attached hydrogen (secondary N) is 2. The van der Waals surface area contributed by atoms with Crippen molar-refractivity contribution in [3.8, 4) is 11.5 Å². The molecule has 1 aliphatic carbocycles. The summed E-state index contributed by atoms with van der Waals surface area (Å²) in [5, 5.41) is 15.8. The number of rotatable bonds is 11. The zero-order valence-electron chi connectivity index (χ0n) is 25.8. The molecule has 0 aromatic heterocycles. The molecule has 1 unspecified atom stereocenters. The molecule has 4 atom stereocenters. The number of carboxylic acids is 1. The number of fused-ring (bicyclic) bond motifs is 1. The maximum Gasteiger partial charge on any atom is 0.416 e. The molecule has 12 heteroatoms. The van der Waals surface area contributed by atoms with Gasteiger partial charge in [-0.05, 0) is 76.9 Å². The van der Waals surface area contributed by atoms with Gasteiger partial charge in [0.15, 0.2) is 6.10 Å². The van der Waals surface area contributed by atoms with Gasteiger partial charge in [-0.25, -0.2) is 9.59 Å². The Hall–Kier alpha value is -3.96. The van der Waals surface area contributed by atoms with Gasteiger partial charge in [0.1, 0.15) is 18.1 Å². The van der Waals surface area contributed by atoms with Crippen LogP contribution in [0.5, 0.6) is 11.5 Å². The highest BCUT2D eigenvalue weighted by Crippen LogP contribution is 2.45. The number of carboxylic acid groups (broad SMARTS) is 1. The molecule has 2 aliphatic rings. The Morgan fingerprint density at radius 3 is 2.00 bits per heavy atom. The fourth-order valence-electron chi connectivity index (χ4n) is 5.65. The predicted octanol–water partition coefficient (Wildman–Crippen LogP) is 6.63. The van der Waals surface area contributed by atoms with E-state index in [1.54, 1.807) is 17.0 Å². The number of hydrogen-bond acceptors (Lipinski definition) is 5. The van der Waals surface area contributed by atoms with Gasteiger partial charge in [-0.2, -0.15) is 13.2 Å². The number of nitrogens with zero attached hydrogens (tertiary/aromatic N) is 1. The van der Waals surface area contributed by atoms with E-state index in [1.165, 1.54) is 12.1 Å². The normalized spacial score (nSPS) is 19.4. The number of halogens is 4. The Balaban J connectivity index is 0.00000480. The number of piperidine rings is 1. The molecule has 0 bridgehead atoms. The van der Waals surface area contributed by atoms with E-state index in [0.717, 1.165) is 23.3 Å². The van der Waals surface area contributed by atoms with Crippen LogP contribution in [0.3, 0.4) is 0 Å². The van der Waals surface area contributed by atoms with Crippen LogP contribution >= 0.6 is 12.4 Å². The van der Waals surface area contributed by atoms with E-state index in [0.29, 0.717) is 61.3 Å². The second-order valence-electron chi connectivity index (χ2n) is 12.6. The van der Waals surface area contributed by atoms with E-state index >= 15 is 0 Å². The van der Waals surface area contributed by atoms with Crippen LogP contribution in [0.4, 0.5) is 23.7 Å². The van der Waals surface area contributed by atoms with Gasteiger partial charge < -0.3 is 30.1 Å². The van der Waals surface area contributed by atoms with Crippen LogP contribution in [0.25, 0.3) is 0 Å². The van der Waals surface area contributed by atoms with Crippen molar-refractivity contribution in [1.82, 2.24) is 10.2 Å². The van der Waals surface area contributed by atoms with Gasteiger partial charge in [0.25, 0.3) is 0 Å². The number of ether oxygens (including phenoxy) is 2. The first-order valence-electron chi connectivity index (χ1n) is 15.0. The van der Waals surface area contributed by atoms with Gasteiger partial charge in [0.05, 0.1) is 5.56 Å². The third kappa shape index (κ3) is 8.85. The minimum atomic E-state index is -4.42. The summed E-state index contributed by atoms with van der Waals surface area (Å²) in [6, 6.07) is 19.2. The number of hydrogen-bond donors (Lipinski definition) is 3. The van der Waals surface area contributed by atoms with Gasteiger partial charge in [0.2, 0.25) is 0 Å².